The van der Waals surface area contributed by atoms with Crippen LogP contribution in [0.3, 0.4) is 0 Å². The van der Waals surface area contributed by atoms with Crippen molar-refractivity contribution in [2.75, 3.05) is 6.54 Å². The number of nitrogens with two attached hydrogens (primary N) is 1. The molecule has 4 unspecified atom stereocenters. The van der Waals surface area contributed by atoms with Crippen molar-refractivity contribution >= 4 is 29.7 Å². The van der Waals surface area contributed by atoms with E-state index < -0.39 is 66.9 Å². The van der Waals surface area contributed by atoms with E-state index in [0.29, 0.717) is 5.56 Å². The first kappa shape index (κ1) is 26.5. The molecule has 1 aromatic rings. The summed E-state index contributed by atoms with van der Waals surface area (Å²) < 4.78 is 0. The lowest BCUT2D eigenvalue weighted by Crippen LogP contribution is -2.55. The summed E-state index contributed by atoms with van der Waals surface area (Å²) in [6.07, 6.45) is -1.92. The Labute approximate surface area is 184 Å². The summed E-state index contributed by atoms with van der Waals surface area (Å²) in [5.41, 5.74) is 6.15. The summed E-state index contributed by atoms with van der Waals surface area (Å²) in [5.74, 6) is -4.97. The maximum atomic E-state index is 12.7. The third-order valence-corrected chi connectivity index (χ3v) is 4.44. The molecule has 0 aliphatic rings. The van der Waals surface area contributed by atoms with Crippen LogP contribution in [-0.2, 0) is 30.4 Å². The SMILES string of the molecule is CC(O)C(N)C(=O)NCC(=O)NC(Cc1ccccc1)C(=O)NC(CCC(=O)O)C(=O)O. The molecule has 0 saturated heterocycles. The van der Waals surface area contributed by atoms with Crippen molar-refractivity contribution in [2.24, 2.45) is 5.73 Å². The van der Waals surface area contributed by atoms with Crippen molar-refractivity contribution in [1.29, 1.82) is 0 Å². The Bertz CT molecular complexity index is 815. The summed E-state index contributed by atoms with van der Waals surface area (Å²) in [5, 5.41) is 34.2. The van der Waals surface area contributed by atoms with Gasteiger partial charge in [-0.1, -0.05) is 30.3 Å². The van der Waals surface area contributed by atoms with Crippen molar-refractivity contribution in [3.8, 4) is 0 Å². The van der Waals surface area contributed by atoms with Crippen LogP contribution in [0.4, 0.5) is 0 Å². The number of hydrogen-bond acceptors (Lipinski definition) is 7. The summed E-state index contributed by atoms with van der Waals surface area (Å²) in [6, 6.07) is 4.70. The van der Waals surface area contributed by atoms with Crippen LogP contribution in [0.5, 0.6) is 0 Å². The van der Waals surface area contributed by atoms with Crippen LogP contribution in [-0.4, -0.2) is 75.8 Å². The minimum absolute atomic E-state index is 0.0187. The summed E-state index contributed by atoms with van der Waals surface area (Å²) in [4.78, 5) is 58.9. The molecule has 0 bridgehead atoms. The molecule has 0 heterocycles. The van der Waals surface area contributed by atoms with Crippen LogP contribution in [0, 0.1) is 0 Å². The topological polar surface area (TPSA) is 208 Å². The highest BCUT2D eigenvalue weighted by Crippen LogP contribution is 2.05. The standard InChI is InChI=1S/C20H28N4O8/c1-11(25)17(21)19(30)22-10-15(26)23-14(9-12-5-3-2-4-6-12)18(29)24-13(20(31)32)7-8-16(27)28/h2-6,11,13-14,17,25H,7-10,21H2,1H3,(H,22,30)(H,23,26)(H,24,29)(H,27,28)(H,31,32). The zero-order valence-corrected chi connectivity index (χ0v) is 17.5. The van der Waals surface area contributed by atoms with Crippen molar-refractivity contribution in [3.05, 3.63) is 35.9 Å². The van der Waals surface area contributed by atoms with Gasteiger partial charge in [0.05, 0.1) is 12.6 Å². The van der Waals surface area contributed by atoms with E-state index in [1.54, 1.807) is 30.3 Å². The van der Waals surface area contributed by atoms with E-state index in [9.17, 15) is 34.2 Å². The zero-order valence-electron chi connectivity index (χ0n) is 17.5. The number of nitrogens with one attached hydrogen (secondary N) is 3. The monoisotopic (exact) mass is 452 g/mol. The quantitative estimate of drug-likeness (QED) is 0.176. The van der Waals surface area contributed by atoms with Gasteiger partial charge in [0.1, 0.15) is 18.1 Å². The van der Waals surface area contributed by atoms with Crippen LogP contribution in [0.2, 0.25) is 0 Å². The summed E-state index contributed by atoms with van der Waals surface area (Å²) >= 11 is 0. The van der Waals surface area contributed by atoms with Crippen molar-refractivity contribution in [2.45, 2.75) is 50.4 Å². The number of carbonyl (C=O) groups is 5. The van der Waals surface area contributed by atoms with Crippen LogP contribution < -0.4 is 21.7 Å². The Kier molecular flexibility index (Phi) is 10.8. The Hall–Kier alpha value is -3.51. The molecule has 0 aliphatic heterocycles. The highest BCUT2D eigenvalue weighted by Gasteiger charge is 2.27. The van der Waals surface area contributed by atoms with Gasteiger partial charge in [-0.2, -0.15) is 0 Å². The lowest BCUT2D eigenvalue weighted by Gasteiger charge is -2.22. The van der Waals surface area contributed by atoms with Crippen LogP contribution in [0.1, 0.15) is 25.3 Å². The number of amides is 3. The average molecular weight is 452 g/mol. The lowest BCUT2D eigenvalue weighted by atomic mass is 10.0. The second-order valence-electron chi connectivity index (χ2n) is 7.13. The molecule has 4 atom stereocenters. The predicted molar refractivity (Wildman–Crippen MR) is 111 cm³/mol. The van der Waals surface area contributed by atoms with Crippen molar-refractivity contribution < 1.29 is 39.3 Å². The maximum absolute atomic E-state index is 12.7. The molecule has 12 nitrogen and oxygen atoms in total. The van der Waals surface area contributed by atoms with Gasteiger partial charge >= 0.3 is 11.9 Å². The molecule has 1 aromatic carbocycles. The molecular formula is C20H28N4O8. The first-order valence-electron chi connectivity index (χ1n) is 9.80. The fourth-order valence-electron chi connectivity index (χ4n) is 2.61. The van der Waals surface area contributed by atoms with Gasteiger partial charge in [0.15, 0.2) is 0 Å². The molecule has 32 heavy (non-hydrogen) atoms. The Balaban J connectivity index is 2.86. The van der Waals surface area contributed by atoms with E-state index in [1.807, 2.05) is 0 Å². The van der Waals surface area contributed by atoms with Gasteiger partial charge in [0.2, 0.25) is 17.7 Å². The van der Waals surface area contributed by atoms with E-state index >= 15 is 0 Å². The molecule has 0 aliphatic carbocycles. The Morgan fingerprint density at radius 2 is 1.59 bits per heavy atom. The summed E-state index contributed by atoms with van der Waals surface area (Å²) in [6.45, 7) is 0.785. The number of carbonyl (C=O) groups excluding carboxylic acids is 3. The fourth-order valence-corrected chi connectivity index (χ4v) is 2.61. The van der Waals surface area contributed by atoms with Crippen LogP contribution >= 0.6 is 0 Å². The molecule has 0 fully saturated rings. The molecule has 1 rings (SSSR count). The Morgan fingerprint density at radius 3 is 2.12 bits per heavy atom. The predicted octanol–water partition coefficient (Wildman–Crippen LogP) is -2.03. The number of aliphatic carboxylic acids is 2. The number of aliphatic hydroxyl groups excluding tert-OH is 1. The van der Waals surface area contributed by atoms with Crippen LogP contribution in [0.25, 0.3) is 0 Å². The molecule has 8 N–H and O–H groups in total. The third kappa shape index (κ3) is 9.53. The van der Waals surface area contributed by atoms with Crippen molar-refractivity contribution in [1.82, 2.24) is 16.0 Å². The molecule has 3 amide bonds. The molecular weight excluding hydrogens is 424 g/mol. The molecule has 0 saturated carbocycles. The van der Waals surface area contributed by atoms with Crippen molar-refractivity contribution in [3.63, 3.8) is 0 Å². The second kappa shape index (κ2) is 13.0. The summed E-state index contributed by atoms with van der Waals surface area (Å²) in [7, 11) is 0. The van der Waals surface area contributed by atoms with Gasteiger partial charge in [0, 0.05) is 12.8 Å². The molecule has 0 radical (unpaired) electrons. The van der Waals surface area contributed by atoms with Gasteiger partial charge < -0.3 is 37.0 Å². The van der Waals surface area contributed by atoms with E-state index in [-0.39, 0.29) is 12.8 Å². The van der Waals surface area contributed by atoms with E-state index in [0.717, 1.165) is 0 Å². The number of hydrogen-bond donors (Lipinski definition) is 7. The average Bonchev–Trinajstić information content (AvgIpc) is 2.73. The first-order valence-corrected chi connectivity index (χ1v) is 9.80. The van der Waals surface area contributed by atoms with E-state index in [1.165, 1.54) is 6.92 Å². The molecule has 0 aromatic heterocycles. The highest BCUT2D eigenvalue weighted by atomic mass is 16.4. The fraction of sp³-hybridized carbons (Fsp3) is 0.450. The number of carboxylic acids is 2. The number of carboxylic acid groups (broad SMARTS) is 2. The number of aliphatic hydroxyl groups is 1. The maximum Gasteiger partial charge on any atom is 0.326 e. The lowest BCUT2D eigenvalue weighted by molar-refractivity contribution is -0.143. The van der Waals surface area contributed by atoms with Gasteiger partial charge in [-0.3, -0.25) is 19.2 Å². The smallest absolute Gasteiger partial charge is 0.326 e. The minimum Gasteiger partial charge on any atom is -0.481 e. The highest BCUT2D eigenvalue weighted by molar-refractivity contribution is 5.92. The molecule has 0 spiro atoms. The zero-order chi connectivity index (χ0) is 24.3. The normalized spacial score (nSPS) is 14.3. The molecule has 12 heteroatoms. The van der Waals surface area contributed by atoms with E-state index in [4.69, 9.17) is 10.8 Å². The Morgan fingerprint density at radius 1 is 0.969 bits per heavy atom. The van der Waals surface area contributed by atoms with E-state index in [2.05, 4.69) is 16.0 Å². The number of rotatable bonds is 13. The van der Waals surface area contributed by atoms with Gasteiger partial charge in [0.25, 0.3) is 0 Å². The first-order chi connectivity index (χ1) is 15.0. The third-order valence-electron chi connectivity index (χ3n) is 4.44. The number of benzene rings is 1. The van der Waals surface area contributed by atoms with Gasteiger partial charge in [-0.05, 0) is 18.9 Å². The van der Waals surface area contributed by atoms with Crippen LogP contribution in [0.15, 0.2) is 30.3 Å². The van der Waals surface area contributed by atoms with Gasteiger partial charge in [-0.25, -0.2) is 4.79 Å². The largest absolute Gasteiger partial charge is 0.481 e. The minimum atomic E-state index is -1.46. The van der Waals surface area contributed by atoms with Gasteiger partial charge in [-0.15, -0.1) is 0 Å². The second-order valence-corrected chi connectivity index (χ2v) is 7.13. The molecule has 176 valence electrons.